The van der Waals surface area contributed by atoms with E-state index in [9.17, 15) is 4.79 Å². The minimum Gasteiger partial charge on any atom is -0.370 e. The zero-order valence-corrected chi connectivity index (χ0v) is 26.0. The lowest BCUT2D eigenvalue weighted by molar-refractivity contribution is -0.118. The third-order valence-electron chi connectivity index (χ3n) is 7.58. The summed E-state index contributed by atoms with van der Waals surface area (Å²) in [6.45, 7) is 5.43. The Labute approximate surface area is 235 Å². The summed E-state index contributed by atoms with van der Waals surface area (Å²) in [6, 6.07) is 0. The van der Waals surface area contributed by atoms with E-state index in [1.165, 1.54) is 180 Å². The molecule has 0 aromatic heterocycles. The van der Waals surface area contributed by atoms with Crippen molar-refractivity contribution >= 4 is 5.91 Å². The lowest BCUT2D eigenvalue weighted by Crippen LogP contribution is -2.09. The highest BCUT2D eigenvalue weighted by atomic mass is 16.1. The van der Waals surface area contributed by atoms with Crippen molar-refractivity contribution in [1.29, 1.82) is 0 Å². The Hall–Kier alpha value is -0.570. The largest absolute Gasteiger partial charge is 0.370 e. The molecule has 37 heavy (non-hydrogen) atoms. The zero-order chi connectivity index (χ0) is 27.5. The van der Waals surface area contributed by atoms with Gasteiger partial charge in [-0.3, -0.25) is 4.79 Å². The van der Waals surface area contributed by atoms with Gasteiger partial charge in [-0.05, 0) is 19.4 Å². The Morgan fingerprint density at radius 1 is 0.378 bits per heavy atom. The van der Waals surface area contributed by atoms with Crippen LogP contribution in [0.5, 0.6) is 0 Å². The number of nitrogens with two attached hydrogens (primary N) is 2. The van der Waals surface area contributed by atoms with Gasteiger partial charge in [-0.1, -0.05) is 187 Å². The van der Waals surface area contributed by atoms with Crippen LogP contribution in [0.3, 0.4) is 0 Å². The van der Waals surface area contributed by atoms with E-state index >= 15 is 0 Å². The Morgan fingerprint density at radius 3 is 0.811 bits per heavy atom. The first kappa shape index (κ1) is 38.6. The van der Waals surface area contributed by atoms with Gasteiger partial charge in [0.25, 0.3) is 0 Å². The summed E-state index contributed by atoms with van der Waals surface area (Å²) in [4.78, 5) is 10.6. The van der Waals surface area contributed by atoms with E-state index in [1.807, 2.05) is 0 Å². The molecule has 0 aromatic carbocycles. The number of carbonyl (C=O) groups is 1. The molecule has 0 spiro atoms. The number of unbranched alkanes of at least 4 members (excludes halogenated alkanes) is 27. The van der Waals surface area contributed by atoms with Gasteiger partial charge in [0.2, 0.25) is 5.91 Å². The second kappa shape index (κ2) is 37.6. The Balaban J connectivity index is 0. The van der Waals surface area contributed by atoms with Gasteiger partial charge >= 0.3 is 0 Å². The average molecular weight is 525 g/mol. The van der Waals surface area contributed by atoms with E-state index < -0.39 is 0 Å². The van der Waals surface area contributed by atoms with E-state index in [0.29, 0.717) is 6.42 Å². The van der Waals surface area contributed by atoms with Crippen LogP contribution in [0.4, 0.5) is 0 Å². The first-order valence-corrected chi connectivity index (χ1v) is 17.2. The van der Waals surface area contributed by atoms with Crippen molar-refractivity contribution in [1.82, 2.24) is 0 Å². The van der Waals surface area contributed by atoms with Crippen molar-refractivity contribution in [3.8, 4) is 0 Å². The van der Waals surface area contributed by atoms with E-state index in [2.05, 4.69) is 13.8 Å². The molecule has 0 saturated carbocycles. The molecule has 1 amide bonds. The predicted octanol–water partition coefficient (Wildman–Crippen LogP) is 11.2. The summed E-state index contributed by atoms with van der Waals surface area (Å²) in [5.74, 6) is -0.153. The molecule has 0 aliphatic rings. The van der Waals surface area contributed by atoms with Gasteiger partial charge in [0.1, 0.15) is 0 Å². The molecule has 0 fully saturated rings. The number of amides is 1. The molecule has 0 heterocycles. The number of hydrogen-bond acceptors (Lipinski definition) is 2. The molecule has 224 valence electrons. The number of carbonyl (C=O) groups excluding carboxylic acids is 1. The smallest absolute Gasteiger partial charge is 0.217 e. The van der Waals surface area contributed by atoms with Crippen molar-refractivity contribution in [2.24, 2.45) is 11.5 Å². The predicted molar refractivity (Wildman–Crippen MR) is 168 cm³/mol. The summed E-state index contributed by atoms with van der Waals surface area (Å²) in [7, 11) is 0. The van der Waals surface area contributed by atoms with Crippen molar-refractivity contribution in [3.63, 3.8) is 0 Å². The quantitative estimate of drug-likeness (QED) is 0.0917. The normalized spacial score (nSPS) is 10.9. The summed E-state index contributed by atoms with van der Waals surface area (Å²) < 4.78 is 0. The highest BCUT2D eigenvalue weighted by Gasteiger charge is 1.96. The first-order valence-electron chi connectivity index (χ1n) is 17.2. The molecule has 0 saturated heterocycles. The van der Waals surface area contributed by atoms with Crippen LogP contribution in [-0.4, -0.2) is 12.5 Å². The molecule has 0 unspecified atom stereocenters. The standard InChI is InChI=1S/C18H37NO.C16H35N/c1-2-3-4-5-6-7-8-9-10-11-12-13-14-15-16-17-18(19)20;1-2-3-4-5-6-7-8-9-10-11-12-13-14-15-16-17/h2-17H2,1H3,(H2,19,20);2-17H2,1H3. The van der Waals surface area contributed by atoms with Gasteiger partial charge in [0, 0.05) is 6.42 Å². The molecule has 0 rings (SSSR count). The monoisotopic (exact) mass is 525 g/mol. The van der Waals surface area contributed by atoms with E-state index in [1.54, 1.807) is 0 Å². The van der Waals surface area contributed by atoms with E-state index in [4.69, 9.17) is 11.5 Å². The van der Waals surface area contributed by atoms with Crippen molar-refractivity contribution in [2.45, 2.75) is 206 Å². The number of rotatable bonds is 30. The summed E-state index contributed by atoms with van der Waals surface area (Å²) in [5, 5.41) is 0. The molecule has 3 heteroatoms. The molecule has 4 N–H and O–H groups in total. The molecule has 0 aliphatic heterocycles. The van der Waals surface area contributed by atoms with E-state index in [0.717, 1.165) is 13.0 Å². The molecule has 0 radical (unpaired) electrons. The first-order chi connectivity index (χ1) is 18.2. The van der Waals surface area contributed by atoms with Crippen LogP contribution < -0.4 is 11.5 Å². The number of hydrogen-bond donors (Lipinski definition) is 2. The van der Waals surface area contributed by atoms with Gasteiger partial charge in [0.05, 0.1) is 0 Å². The van der Waals surface area contributed by atoms with Gasteiger partial charge in [-0.2, -0.15) is 0 Å². The lowest BCUT2D eigenvalue weighted by atomic mass is 10.0. The molecule has 0 atom stereocenters. The fourth-order valence-electron chi connectivity index (χ4n) is 5.01. The number of primary amides is 1. The SMILES string of the molecule is CCCCCCCCCCCCCCCCCC(N)=O.CCCCCCCCCCCCCCCCN. The van der Waals surface area contributed by atoms with Crippen LogP contribution in [0, 0.1) is 0 Å². The zero-order valence-electron chi connectivity index (χ0n) is 26.0. The Bertz CT molecular complexity index is 385. The van der Waals surface area contributed by atoms with Crippen molar-refractivity contribution in [2.75, 3.05) is 6.54 Å². The summed E-state index contributed by atoms with van der Waals surface area (Å²) >= 11 is 0. The minimum atomic E-state index is -0.153. The van der Waals surface area contributed by atoms with Gasteiger partial charge < -0.3 is 11.5 Å². The molecule has 0 aromatic rings. The Kier molecular flexibility index (Phi) is 39.2. The van der Waals surface area contributed by atoms with Gasteiger partial charge in [-0.15, -0.1) is 0 Å². The van der Waals surface area contributed by atoms with Crippen molar-refractivity contribution in [3.05, 3.63) is 0 Å². The van der Waals surface area contributed by atoms with Crippen LogP contribution in [0.25, 0.3) is 0 Å². The Morgan fingerprint density at radius 2 is 0.595 bits per heavy atom. The summed E-state index contributed by atoms with van der Waals surface area (Å²) in [6.07, 6.45) is 40.8. The third-order valence-corrected chi connectivity index (χ3v) is 7.58. The maximum absolute atomic E-state index is 10.6. The van der Waals surface area contributed by atoms with Crippen LogP contribution in [0.1, 0.15) is 206 Å². The van der Waals surface area contributed by atoms with Crippen LogP contribution >= 0.6 is 0 Å². The van der Waals surface area contributed by atoms with Crippen LogP contribution in [0.15, 0.2) is 0 Å². The second-order valence-electron chi connectivity index (χ2n) is 11.6. The minimum absolute atomic E-state index is 0.153. The summed E-state index contributed by atoms with van der Waals surface area (Å²) in [5.41, 5.74) is 10.6. The maximum atomic E-state index is 10.6. The van der Waals surface area contributed by atoms with Crippen LogP contribution in [0.2, 0.25) is 0 Å². The molecule has 0 aliphatic carbocycles. The molecular weight excluding hydrogens is 452 g/mol. The topological polar surface area (TPSA) is 69.1 Å². The second-order valence-corrected chi connectivity index (χ2v) is 11.6. The van der Waals surface area contributed by atoms with Gasteiger partial charge in [-0.25, -0.2) is 0 Å². The highest BCUT2D eigenvalue weighted by molar-refractivity contribution is 5.73. The van der Waals surface area contributed by atoms with E-state index in [-0.39, 0.29) is 5.91 Å². The maximum Gasteiger partial charge on any atom is 0.217 e. The van der Waals surface area contributed by atoms with Gasteiger partial charge in [0.15, 0.2) is 0 Å². The fourth-order valence-corrected chi connectivity index (χ4v) is 5.01. The van der Waals surface area contributed by atoms with Crippen LogP contribution in [-0.2, 0) is 4.79 Å². The lowest BCUT2D eigenvalue weighted by Gasteiger charge is -2.03. The van der Waals surface area contributed by atoms with Crippen molar-refractivity contribution < 1.29 is 4.79 Å². The third kappa shape index (κ3) is 42.8. The fraction of sp³-hybridized carbons (Fsp3) is 0.971. The molecular formula is C34H72N2O. The highest BCUT2D eigenvalue weighted by Crippen LogP contribution is 2.14. The molecule has 0 bridgehead atoms. The molecule has 3 nitrogen and oxygen atoms in total. The average Bonchev–Trinajstić information content (AvgIpc) is 2.89.